The molecule has 0 radical (unpaired) electrons. The van der Waals surface area contributed by atoms with Crippen LogP contribution in [0.3, 0.4) is 0 Å². The first-order valence-electron chi connectivity index (χ1n) is 8.86. The lowest BCUT2D eigenvalue weighted by Crippen LogP contribution is -2.19. The fourth-order valence-electron chi connectivity index (χ4n) is 3.52. The van der Waals surface area contributed by atoms with E-state index >= 15 is 0 Å². The third-order valence-electron chi connectivity index (χ3n) is 5.11. The standard InChI is InChI=1S/C20H36O/c1-16(8-6-9-17(2)13-15-21)11-12-19-18(3)10-7-14-20(19,4)5/h11-12,16-17,21H,6-10,13-15H2,1-5H3/b12-11+. The van der Waals surface area contributed by atoms with Gasteiger partial charge >= 0.3 is 0 Å². The van der Waals surface area contributed by atoms with E-state index in [2.05, 4.69) is 46.8 Å². The van der Waals surface area contributed by atoms with Crippen LogP contribution in [-0.4, -0.2) is 11.7 Å². The Hall–Kier alpha value is -0.560. The van der Waals surface area contributed by atoms with Gasteiger partial charge in [0, 0.05) is 6.61 Å². The number of rotatable bonds is 8. The van der Waals surface area contributed by atoms with Gasteiger partial charge in [0.25, 0.3) is 0 Å². The topological polar surface area (TPSA) is 20.2 Å². The van der Waals surface area contributed by atoms with Crippen molar-refractivity contribution in [2.75, 3.05) is 6.61 Å². The molecule has 21 heavy (non-hydrogen) atoms. The number of hydrogen-bond acceptors (Lipinski definition) is 1. The third kappa shape index (κ3) is 6.38. The Labute approximate surface area is 132 Å². The van der Waals surface area contributed by atoms with Crippen molar-refractivity contribution in [3.05, 3.63) is 23.3 Å². The lowest BCUT2D eigenvalue weighted by atomic mass is 9.72. The molecule has 1 aliphatic carbocycles. The van der Waals surface area contributed by atoms with Crippen LogP contribution in [0, 0.1) is 17.3 Å². The zero-order valence-corrected chi connectivity index (χ0v) is 14.9. The van der Waals surface area contributed by atoms with Crippen LogP contribution in [0.15, 0.2) is 23.3 Å². The van der Waals surface area contributed by atoms with Gasteiger partial charge in [-0.3, -0.25) is 0 Å². The molecule has 1 aliphatic rings. The smallest absolute Gasteiger partial charge is 0.0433 e. The van der Waals surface area contributed by atoms with Crippen LogP contribution in [0.2, 0.25) is 0 Å². The van der Waals surface area contributed by atoms with E-state index in [-0.39, 0.29) is 0 Å². The number of hydrogen-bond donors (Lipinski definition) is 1. The first-order chi connectivity index (χ1) is 9.86. The molecule has 1 rings (SSSR count). The fraction of sp³-hybridized carbons (Fsp3) is 0.800. The van der Waals surface area contributed by atoms with Crippen LogP contribution in [0.25, 0.3) is 0 Å². The van der Waals surface area contributed by atoms with Gasteiger partial charge in [-0.15, -0.1) is 0 Å². The van der Waals surface area contributed by atoms with Gasteiger partial charge in [0.1, 0.15) is 0 Å². The van der Waals surface area contributed by atoms with Crippen molar-refractivity contribution >= 4 is 0 Å². The van der Waals surface area contributed by atoms with Crippen LogP contribution in [0.4, 0.5) is 0 Å². The van der Waals surface area contributed by atoms with Gasteiger partial charge in [0.15, 0.2) is 0 Å². The molecule has 0 aromatic heterocycles. The van der Waals surface area contributed by atoms with Crippen molar-refractivity contribution in [2.45, 2.75) is 79.6 Å². The lowest BCUT2D eigenvalue weighted by molar-refractivity contribution is 0.256. The highest BCUT2D eigenvalue weighted by molar-refractivity contribution is 5.32. The SMILES string of the molecule is CC1=C(/C=C/C(C)CCCC(C)CCO)C(C)(C)CCC1. The Balaban J connectivity index is 2.44. The summed E-state index contributed by atoms with van der Waals surface area (Å²) in [6.45, 7) is 12.0. The summed E-state index contributed by atoms with van der Waals surface area (Å²) in [4.78, 5) is 0. The summed E-state index contributed by atoms with van der Waals surface area (Å²) in [6.07, 6.45) is 13.5. The summed E-state index contributed by atoms with van der Waals surface area (Å²) >= 11 is 0. The van der Waals surface area contributed by atoms with Gasteiger partial charge in [0.05, 0.1) is 0 Å². The Morgan fingerprint density at radius 1 is 1.19 bits per heavy atom. The Kier molecular flexibility index (Phi) is 7.73. The molecule has 1 heteroatoms. The van der Waals surface area contributed by atoms with Gasteiger partial charge < -0.3 is 5.11 Å². The highest BCUT2D eigenvalue weighted by Gasteiger charge is 2.26. The third-order valence-corrected chi connectivity index (χ3v) is 5.11. The zero-order valence-electron chi connectivity index (χ0n) is 14.9. The number of aliphatic hydroxyl groups excluding tert-OH is 1. The molecule has 0 amide bonds. The average Bonchev–Trinajstić information content (AvgIpc) is 2.37. The predicted molar refractivity (Wildman–Crippen MR) is 93.4 cm³/mol. The summed E-state index contributed by atoms with van der Waals surface area (Å²) in [5.41, 5.74) is 3.52. The van der Waals surface area contributed by atoms with Crippen LogP contribution in [0.1, 0.15) is 79.6 Å². The highest BCUT2D eigenvalue weighted by Crippen LogP contribution is 2.40. The van der Waals surface area contributed by atoms with Gasteiger partial charge in [-0.2, -0.15) is 0 Å². The summed E-state index contributed by atoms with van der Waals surface area (Å²) in [7, 11) is 0. The second kappa shape index (κ2) is 8.78. The molecule has 2 atom stereocenters. The molecule has 0 heterocycles. The number of aliphatic hydroxyl groups is 1. The minimum atomic E-state index is 0.332. The zero-order chi connectivity index (χ0) is 15.9. The normalized spacial score (nSPS) is 21.8. The van der Waals surface area contributed by atoms with E-state index in [0.29, 0.717) is 23.9 Å². The van der Waals surface area contributed by atoms with Gasteiger partial charge in [-0.05, 0) is 61.9 Å². The van der Waals surface area contributed by atoms with E-state index in [4.69, 9.17) is 5.11 Å². The maximum absolute atomic E-state index is 8.93. The molecule has 0 spiro atoms. The molecule has 0 saturated heterocycles. The van der Waals surface area contributed by atoms with Gasteiger partial charge in [-0.25, -0.2) is 0 Å². The van der Waals surface area contributed by atoms with E-state index in [9.17, 15) is 0 Å². The molecular formula is C20H36O. The van der Waals surface area contributed by atoms with Crippen molar-refractivity contribution in [1.82, 2.24) is 0 Å². The first-order valence-corrected chi connectivity index (χ1v) is 8.86. The molecule has 0 aromatic rings. The Morgan fingerprint density at radius 3 is 2.52 bits per heavy atom. The van der Waals surface area contributed by atoms with E-state index in [1.54, 1.807) is 11.1 Å². The summed E-state index contributed by atoms with van der Waals surface area (Å²) < 4.78 is 0. The van der Waals surface area contributed by atoms with Crippen LogP contribution in [0.5, 0.6) is 0 Å². The van der Waals surface area contributed by atoms with Crippen molar-refractivity contribution < 1.29 is 5.11 Å². The minimum absolute atomic E-state index is 0.332. The summed E-state index contributed by atoms with van der Waals surface area (Å²) in [6, 6.07) is 0. The molecular weight excluding hydrogens is 256 g/mol. The van der Waals surface area contributed by atoms with Gasteiger partial charge in [0.2, 0.25) is 0 Å². The summed E-state index contributed by atoms with van der Waals surface area (Å²) in [5, 5.41) is 8.93. The highest BCUT2D eigenvalue weighted by atomic mass is 16.3. The molecule has 1 N–H and O–H groups in total. The van der Waals surface area contributed by atoms with Crippen LogP contribution < -0.4 is 0 Å². The fourth-order valence-corrected chi connectivity index (χ4v) is 3.52. The first kappa shape index (κ1) is 18.5. The van der Waals surface area contributed by atoms with E-state index in [1.165, 1.54) is 38.5 Å². The van der Waals surface area contributed by atoms with E-state index in [1.807, 2.05) is 0 Å². The van der Waals surface area contributed by atoms with Gasteiger partial charge in [-0.1, -0.05) is 58.3 Å². The van der Waals surface area contributed by atoms with E-state index in [0.717, 1.165) is 6.42 Å². The second-order valence-electron chi connectivity index (χ2n) is 7.82. The monoisotopic (exact) mass is 292 g/mol. The maximum atomic E-state index is 8.93. The maximum Gasteiger partial charge on any atom is 0.0433 e. The van der Waals surface area contributed by atoms with Crippen LogP contribution in [-0.2, 0) is 0 Å². The van der Waals surface area contributed by atoms with Crippen molar-refractivity contribution in [2.24, 2.45) is 17.3 Å². The summed E-state index contributed by atoms with van der Waals surface area (Å²) in [5.74, 6) is 1.32. The molecule has 0 fully saturated rings. The molecule has 0 aliphatic heterocycles. The molecule has 0 saturated carbocycles. The average molecular weight is 293 g/mol. The lowest BCUT2D eigenvalue weighted by Gasteiger charge is -2.33. The molecule has 0 bridgehead atoms. The largest absolute Gasteiger partial charge is 0.396 e. The van der Waals surface area contributed by atoms with E-state index < -0.39 is 0 Å². The minimum Gasteiger partial charge on any atom is -0.396 e. The molecule has 2 unspecified atom stereocenters. The Morgan fingerprint density at radius 2 is 1.90 bits per heavy atom. The molecule has 0 aromatic carbocycles. The Bertz CT molecular complexity index is 362. The van der Waals surface area contributed by atoms with Crippen LogP contribution >= 0.6 is 0 Å². The second-order valence-corrected chi connectivity index (χ2v) is 7.82. The quantitative estimate of drug-likeness (QED) is 0.591. The van der Waals surface area contributed by atoms with Crippen molar-refractivity contribution in [1.29, 1.82) is 0 Å². The number of allylic oxidation sites excluding steroid dienone is 4. The predicted octanol–water partition coefficient (Wildman–Crippen LogP) is 5.89. The molecule has 1 nitrogen and oxygen atoms in total. The van der Waals surface area contributed by atoms with Crippen molar-refractivity contribution in [3.8, 4) is 0 Å². The van der Waals surface area contributed by atoms with Crippen molar-refractivity contribution in [3.63, 3.8) is 0 Å². The molecule has 122 valence electrons.